The molecule has 14 heavy (non-hydrogen) atoms. The highest BCUT2D eigenvalue weighted by molar-refractivity contribution is 5.30. The van der Waals surface area contributed by atoms with Gasteiger partial charge in [-0.1, -0.05) is 6.92 Å². The van der Waals surface area contributed by atoms with Gasteiger partial charge in [-0.2, -0.15) is 5.10 Å². The lowest BCUT2D eigenvalue weighted by Crippen LogP contribution is -2.36. The summed E-state index contributed by atoms with van der Waals surface area (Å²) >= 11 is 0. The van der Waals surface area contributed by atoms with Crippen LogP contribution in [0.25, 0.3) is 0 Å². The third-order valence-electron chi connectivity index (χ3n) is 2.49. The van der Waals surface area contributed by atoms with Gasteiger partial charge >= 0.3 is 0 Å². The lowest BCUT2D eigenvalue weighted by atomic mass is 9.96. The second-order valence-corrected chi connectivity index (χ2v) is 3.27. The van der Waals surface area contributed by atoms with E-state index in [-0.39, 0.29) is 6.54 Å². The Labute approximate surface area is 83.5 Å². The van der Waals surface area contributed by atoms with Crippen molar-refractivity contribution in [1.29, 1.82) is 0 Å². The Balaban J connectivity index is 3.20. The van der Waals surface area contributed by atoms with Crippen LogP contribution in [0.4, 0.5) is 0 Å². The highest BCUT2D eigenvalue weighted by Crippen LogP contribution is 2.30. The Hall–Kier alpha value is -1.07. The number of hydrogen-bond acceptors (Lipinski definition) is 4. The summed E-state index contributed by atoms with van der Waals surface area (Å²) in [6.07, 6.45) is 2.10. The Kier molecular flexibility index (Phi) is 3.13. The molecule has 0 amide bonds. The lowest BCUT2D eigenvalue weighted by Gasteiger charge is -2.25. The van der Waals surface area contributed by atoms with Crippen LogP contribution in [0.2, 0.25) is 0 Å². The summed E-state index contributed by atoms with van der Waals surface area (Å²) in [6, 6.07) is 0. The number of nitrogens with two attached hydrogens (primary N) is 1. The quantitative estimate of drug-likeness (QED) is 0.715. The number of rotatable bonds is 4. The minimum absolute atomic E-state index is 0.152. The number of methoxy groups -OCH3 is 1. The van der Waals surface area contributed by atoms with E-state index in [9.17, 15) is 5.11 Å². The molecule has 1 aromatic heterocycles. The molecule has 0 aliphatic carbocycles. The van der Waals surface area contributed by atoms with E-state index in [4.69, 9.17) is 10.5 Å². The van der Waals surface area contributed by atoms with Crippen LogP contribution in [0, 0.1) is 0 Å². The number of hydrogen-bond donors (Lipinski definition) is 2. The summed E-state index contributed by atoms with van der Waals surface area (Å²) < 4.78 is 6.71. The number of aromatic nitrogens is 2. The molecule has 1 aromatic rings. The van der Waals surface area contributed by atoms with Gasteiger partial charge in [0.15, 0.2) is 5.75 Å². The van der Waals surface area contributed by atoms with Crippen molar-refractivity contribution in [1.82, 2.24) is 9.78 Å². The summed E-state index contributed by atoms with van der Waals surface area (Å²) in [5.74, 6) is 0.572. The summed E-state index contributed by atoms with van der Waals surface area (Å²) in [4.78, 5) is 0. The van der Waals surface area contributed by atoms with Gasteiger partial charge < -0.3 is 15.6 Å². The van der Waals surface area contributed by atoms with Crippen LogP contribution in [0.5, 0.6) is 5.75 Å². The van der Waals surface area contributed by atoms with Crippen molar-refractivity contribution in [2.24, 2.45) is 12.8 Å². The topological polar surface area (TPSA) is 73.3 Å². The normalized spacial score (nSPS) is 15.2. The average molecular weight is 199 g/mol. The smallest absolute Gasteiger partial charge is 0.162 e. The summed E-state index contributed by atoms with van der Waals surface area (Å²) in [6.45, 7) is 2.03. The fourth-order valence-corrected chi connectivity index (χ4v) is 1.51. The molecule has 0 bridgehead atoms. The summed E-state index contributed by atoms with van der Waals surface area (Å²) in [5.41, 5.74) is 5.13. The monoisotopic (exact) mass is 199 g/mol. The van der Waals surface area contributed by atoms with Crippen molar-refractivity contribution in [2.75, 3.05) is 13.7 Å². The molecule has 0 radical (unpaired) electrons. The van der Waals surface area contributed by atoms with Crippen LogP contribution in [0.3, 0.4) is 0 Å². The van der Waals surface area contributed by atoms with Crippen molar-refractivity contribution in [2.45, 2.75) is 18.9 Å². The minimum Gasteiger partial charge on any atom is -0.493 e. The first-order valence-corrected chi connectivity index (χ1v) is 4.58. The predicted octanol–water partition coefficient (Wildman–Crippen LogP) is -0.0150. The molecule has 5 nitrogen and oxygen atoms in total. The SMILES string of the molecule is CCC(O)(CN)c1c(OC)cnn1C. The molecule has 0 aliphatic rings. The van der Waals surface area contributed by atoms with Crippen molar-refractivity contribution < 1.29 is 9.84 Å². The Morgan fingerprint density at radius 3 is 2.79 bits per heavy atom. The molecule has 3 N–H and O–H groups in total. The van der Waals surface area contributed by atoms with Crippen LogP contribution in [-0.4, -0.2) is 28.5 Å². The molecule has 1 atom stereocenters. The first kappa shape index (κ1) is 11.0. The van der Waals surface area contributed by atoms with Gasteiger partial charge in [0.25, 0.3) is 0 Å². The van der Waals surface area contributed by atoms with Crippen molar-refractivity contribution in [3.05, 3.63) is 11.9 Å². The number of ether oxygens (including phenoxy) is 1. The van der Waals surface area contributed by atoms with E-state index >= 15 is 0 Å². The van der Waals surface area contributed by atoms with Crippen molar-refractivity contribution in [3.63, 3.8) is 0 Å². The first-order valence-electron chi connectivity index (χ1n) is 4.58. The molecule has 0 saturated carbocycles. The fraction of sp³-hybridized carbons (Fsp3) is 0.667. The highest BCUT2D eigenvalue weighted by atomic mass is 16.5. The lowest BCUT2D eigenvalue weighted by molar-refractivity contribution is 0.0311. The predicted molar refractivity (Wildman–Crippen MR) is 53.0 cm³/mol. The number of aryl methyl sites for hydroxylation is 1. The van der Waals surface area contributed by atoms with Gasteiger partial charge in [-0.3, -0.25) is 4.68 Å². The third-order valence-corrected chi connectivity index (χ3v) is 2.49. The van der Waals surface area contributed by atoms with E-state index in [1.54, 1.807) is 25.0 Å². The standard InChI is InChI=1S/C9H17N3O2/c1-4-9(13,6-10)8-7(14-3)5-11-12(8)2/h5,13H,4,6,10H2,1-3H3. The van der Waals surface area contributed by atoms with E-state index < -0.39 is 5.60 Å². The zero-order valence-corrected chi connectivity index (χ0v) is 8.82. The second-order valence-electron chi connectivity index (χ2n) is 3.27. The fourth-order valence-electron chi connectivity index (χ4n) is 1.51. The molecule has 5 heteroatoms. The van der Waals surface area contributed by atoms with Gasteiger partial charge in [-0.25, -0.2) is 0 Å². The van der Waals surface area contributed by atoms with Gasteiger partial charge in [0, 0.05) is 13.6 Å². The Morgan fingerprint density at radius 1 is 1.71 bits per heavy atom. The van der Waals surface area contributed by atoms with Crippen LogP contribution in [0.15, 0.2) is 6.20 Å². The van der Waals surface area contributed by atoms with E-state index in [0.717, 1.165) is 0 Å². The third kappa shape index (κ3) is 1.60. The number of nitrogens with zero attached hydrogens (tertiary/aromatic N) is 2. The van der Waals surface area contributed by atoms with E-state index in [1.165, 1.54) is 0 Å². The first-order chi connectivity index (χ1) is 6.59. The van der Waals surface area contributed by atoms with Crippen molar-refractivity contribution in [3.8, 4) is 5.75 Å². The molecule has 80 valence electrons. The molecule has 1 rings (SSSR count). The molecule has 1 heterocycles. The number of aliphatic hydroxyl groups is 1. The van der Waals surface area contributed by atoms with Gasteiger partial charge in [-0.05, 0) is 6.42 Å². The largest absolute Gasteiger partial charge is 0.493 e. The van der Waals surface area contributed by atoms with Crippen LogP contribution >= 0.6 is 0 Å². The maximum Gasteiger partial charge on any atom is 0.162 e. The molecular formula is C9H17N3O2. The zero-order valence-electron chi connectivity index (χ0n) is 8.82. The van der Waals surface area contributed by atoms with Gasteiger partial charge in [0.2, 0.25) is 0 Å². The average Bonchev–Trinajstić information content (AvgIpc) is 2.59. The minimum atomic E-state index is -1.06. The van der Waals surface area contributed by atoms with E-state index in [0.29, 0.717) is 17.9 Å². The molecule has 0 spiro atoms. The molecule has 0 aromatic carbocycles. The van der Waals surface area contributed by atoms with E-state index in [1.807, 2.05) is 6.92 Å². The molecule has 0 aliphatic heterocycles. The molecule has 1 unspecified atom stereocenters. The van der Waals surface area contributed by atoms with Crippen LogP contribution in [-0.2, 0) is 12.6 Å². The Morgan fingerprint density at radius 2 is 2.36 bits per heavy atom. The maximum atomic E-state index is 10.2. The second kappa shape index (κ2) is 3.98. The Bertz CT molecular complexity index is 305. The van der Waals surface area contributed by atoms with E-state index in [2.05, 4.69) is 5.10 Å². The van der Waals surface area contributed by atoms with Gasteiger partial charge in [0.05, 0.1) is 13.3 Å². The summed E-state index contributed by atoms with van der Waals surface area (Å²) in [5, 5.41) is 14.2. The maximum absolute atomic E-state index is 10.2. The summed E-state index contributed by atoms with van der Waals surface area (Å²) in [7, 11) is 3.31. The van der Waals surface area contributed by atoms with Gasteiger partial charge in [0.1, 0.15) is 11.3 Å². The van der Waals surface area contributed by atoms with Gasteiger partial charge in [-0.15, -0.1) is 0 Å². The van der Waals surface area contributed by atoms with Crippen LogP contribution < -0.4 is 10.5 Å². The molecule has 0 fully saturated rings. The van der Waals surface area contributed by atoms with Crippen LogP contribution in [0.1, 0.15) is 19.0 Å². The highest BCUT2D eigenvalue weighted by Gasteiger charge is 2.32. The molecule has 0 saturated heterocycles. The zero-order chi connectivity index (χ0) is 10.8. The van der Waals surface area contributed by atoms with Crippen molar-refractivity contribution >= 4 is 0 Å². The molecular weight excluding hydrogens is 182 g/mol.